The van der Waals surface area contributed by atoms with Crippen LogP contribution in [0.5, 0.6) is 5.75 Å². The lowest BCUT2D eigenvalue weighted by Crippen LogP contribution is -2.21. The van der Waals surface area contributed by atoms with Crippen LogP contribution < -0.4 is 10.1 Å². The van der Waals surface area contributed by atoms with Gasteiger partial charge in [0.1, 0.15) is 5.75 Å². The van der Waals surface area contributed by atoms with Gasteiger partial charge in [-0.25, -0.2) is 0 Å². The molecule has 0 spiro atoms. The van der Waals surface area contributed by atoms with E-state index >= 15 is 0 Å². The van der Waals surface area contributed by atoms with Gasteiger partial charge in [0.15, 0.2) is 6.61 Å². The summed E-state index contributed by atoms with van der Waals surface area (Å²) in [5.41, 5.74) is 3.75. The fraction of sp³-hybridized carbons (Fsp3) is 0.300. The Hall–Kier alpha value is -2.82. The van der Waals surface area contributed by atoms with Crippen molar-refractivity contribution < 1.29 is 19.1 Å². The molecule has 0 aliphatic heterocycles. The van der Waals surface area contributed by atoms with Crippen molar-refractivity contribution in [3.63, 3.8) is 0 Å². The number of nitrogens with one attached hydrogen (secondary N) is 1. The Balaban J connectivity index is 1.79. The molecule has 2 aromatic rings. The van der Waals surface area contributed by atoms with E-state index in [1.54, 1.807) is 7.11 Å². The zero-order valence-electron chi connectivity index (χ0n) is 14.8. The number of aryl methyl sites for hydroxylation is 2. The van der Waals surface area contributed by atoms with Gasteiger partial charge in [-0.1, -0.05) is 30.3 Å². The Bertz CT molecular complexity index is 755. The number of anilines is 1. The third-order valence-corrected chi connectivity index (χ3v) is 4.03. The zero-order valence-corrected chi connectivity index (χ0v) is 14.8. The second-order valence-corrected chi connectivity index (χ2v) is 5.77. The third-order valence-electron chi connectivity index (χ3n) is 4.03. The normalized spacial score (nSPS) is 10.2. The Kier molecular flexibility index (Phi) is 6.57. The van der Waals surface area contributed by atoms with Crippen LogP contribution in [0, 0.1) is 13.8 Å². The molecule has 0 heterocycles. The van der Waals surface area contributed by atoms with E-state index in [9.17, 15) is 9.59 Å². The lowest BCUT2D eigenvalue weighted by atomic mass is 10.1. The van der Waals surface area contributed by atoms with E-state index in [-0.39, 0.29) is 18.9 Å². The number of hydrogen-bond acceptors (Lipinski definition) is 4. The van der Waals surface area contributed by atoms with Crippen LogP contribution in [0.4, 0.5) is 5.69 Å². The molecular formula is C20H23NO4. The summed E-state index contributed by atoms with van der Waals surface area (Å²) in [7, 11) is 1.59. The van der Waals surface area contributed by atoms with E-state index in [0.717, 1.165) is 28.1 Å². The summed E-state index contributed by atoms with van der Waals surface area (Å²) in [6.45, 7) is 3.62. The number of methoxy groups -OCH3 is 1. The van der Waals surface area contributed by atoms with Gasteiger partial charge in [0, 0.05) is 12.1 Å². The molecule has 0 saturated carbocycles. The molecule has 0 unspecified atom stereocenters. The van der Waals surface area contributed by atoms with Gasteiger partial charge < -0.3 is 14.8 Å². The van der Waals surface area contributed by atoms with E-state index in [1.165, 1.54) is 0 Å². The highest BCUT2D eigenvalue weighted by Gasteiger charge is 2.11. The number of hydrogen-bond donors (Lipinski definition) is 1. The topological polar surface area (TPSA) is 64.6 Å². The highest BCUT2D eigenvalue weighted by molar-refractivity contribution is 5.93. The summed E-state index contributed by atoms with van der Waals surface area (Å²) in [5.74, 6) is -0.0238. The van der Waals surface area contributed by atoms with Gasteiger partial charge in [-0.2, -0.15) is 0 Å². The molecule has 0 saturated heterocycles. The number of esters is 1. The SMILES string of the molecule is COc1ccccc1CCC(=O)OCC(=O)Nc1cccc(C)c1C. The third kappa shape index (κ3) is 5.35. The van der Waals surface area contributed by atoms with E-state index in [1.807, 2.05) is 56.3 Å². The molecule has 132 valence electrons. The van der Waals surface area contributed by atoms with E-state index in [2.05, 4.69) is 5.32 Å². The first-order chi connectivity index (χ1) is 12.0. The minimum atomic E-state index is -0.415. The van der Waals surface area contributed by atoms with Crippen molar-refractivity contribution in [3.05, 3.63) is 59.2 Å². The minimum Gasteiger partial charge on any atom is -0.496 e. The Morgan fingerprint density at radius 2 is 1.80 bits per heavy atom. The van der Waals surface area contributed by atoms with Crippen LogP contribution >= 0.6 is 0 Å². The van der Waals surface area contributed by atoms with E-state index in [4.69, 9.17) is 9.47 Å². The van der Waals surface area contributed by atoms with Crippen molar-refractivity contribution in [1.29, 1.82) is 0 Å². The van der Waals surface area contributed by atoms with Gasteiger partial charge in [0.2, 0.25) is 0 Å². The highest BCUT2D eigenvalue weighted by Crippen LogP contribution is 2.19. The maximum atomic E-state index is 11.9. The average molecular weight is 341 g/mol. The predicted molar refractivity (Wildman–Crippen MR) is 96.8 cm³/mol. The van der Waals surface area contributed by atoms with Crippen LogP contribution in [0.1, 0.15) is 23.1 Å². The summed E-state index contributed by atoms with van der Waals surface area (Å²) in [6, 6.07) is 13.2. The summed E-state index contributed by atoms with van der Waals surface area (Å²) >= 11 is 0. The molecule has 1 N–H and O–H groups in total. The molecule has 0 aliphatic rings. The van der Waals surface area contributed by atoms with E-state index < -0.39 is 5.97 Å². The average Bonchev–Trinajstić information content (AvgIpc) is 2.62. The number of carbonyl (C=O) groups excluding carboxylic acids is 2. The molecule has 2 rings (SSSR count). The maximum Gasteiger partial charge on any atom is 0.306 e. The van der Waals surface area contributed by atoms with Crippen molar-refractivity contribution in [2.75, 3.05) is 19.0 Å². The molecule has 25 heavy (non-hydrogen) atoms. The molecule has 2 aromatic carbocycles. The van der Waals surface area contributed by atoms with Crippen molar-refractivity contribution in [1.82, 2.24) is 0 Å². The molecule has 5 heteroatoms. The fourth-order valence-corrected chi connectivity index (χ4v) is 2.44. The number of benzene rings is 2. The lowest BCUT2D eigenvalue weighted by Gasteiger charge is -2.11. The van der Waals surface area contributed by atoms with Gasteiger partial charge in [-0.15, -0.1) is 0 Å². The first-order valence-corrected chi connectivity index (χ1v) is 8.15. The largest absolute Gasteiger partial charge is 0.496 e. The van der Waals surface area contributed by atoms with Gasteiger partial charge in [0.05, 0.1) is 7.11 Å². The number of ether oxygens (including phenoxy) is 2. The zero-order chi connectivity index (χ0) is 18.2. The summed E-state index contributed by atoms with van der Waals surface area (Å²) in [4.78, 5) is 23.8. The van der Waals surface area contributed by atoms with Gasteiger partial charge >= 0.3 is 5.97 Å². The summed E-state index contributed by atoms with van der Waals surface area (Å²) < 4.78 is 10.3. The van der Waals surface area contributed by atoms with Crippen LogP contribution in [0.3, 0.4) is 0 Å². The molecular weight excluding hydrogens is 318 g/mol. The molecule has 0 aliphatic carbocycles. The highest BCUT2D eigenvalue weighted by atomic mass is 16.5. The fourth-order valence-electron chi connectivity index (χ4n) is 2.44. The molecule has 0 radical (unpaired) electrons. The molecule has 0 atom stereocenters. The predicted octanol–water partition coefficient (Wildman–Crippen LogP) is 3.43. The van der Waals surface area contributed by atoms with Crippen molar-refractivity contribution >= 4 is 17.6 Å². The first kappa shape index (κ1) is 18.5. The van der Waals surface area contributed by atoms with Gasteiger partial charge in [-0.3, -0.25) is 9.59 Å². The van der Waals surface area contributed by atoms with Crippen molar-refractivity contribution in [3.8, 4) is 5.75 Å². The lowest BCUT2D eigenvalue weighted by molar-refractivity contribution is -0.147. The Morgan fingerprint density at radius 1 is 1.04 bits per heavy atom. The summed E-state index contributed by atoms with van der Waals surface area (Å²) in [5, 5.41) is 2.76. The van der Waals surface area contributed by atoms with Crippen LogP contribution in [-0.2, 0) is 20.7 Å². The number of para-hydroxylation sites is 1. The standard InChI is InChI=1S/C20H23NO4/c1-14-7-6-9-17(15(14)2)21-19(22)13-25-20(23)12-11-16-8-4-5-10-18(16)24-3/h4-10H,11-13H2,1-3H3,(H,21,22). The second kappa shape index (κ2) is 8.87. The Morgan fingerprint density at radius 3 is 2.56 bits per heavy atom. The quantitative estimate of drug-likeness (QED) is 0.784. The Labute approximate surface area is 148 Å². The van der Waals surface area contributed by atoms with Crippen LogP contribution in [-0.4, -0.2) is 25.6 Å². The smallest absolute Gasteiger partial charge is 0.306 e. The number of rotatable bonds is 7. The maximum absolute atomic E-state index is 11.9. The van der Waals surface area contributed by atoms with Crippen molar-refractivity contribution in [2.24, 2.45) is 0 Å². The number of carbonyl (C=O) groups is 2. The molecule has 0 fully saturated rings. The van der Waals surface area contributed by atoms with Crippen molar-refractivity contribution in [2.45, 2.75) is 26.7 Å². The van der Waals surface area contributed by atoms with Gasteiger partial charge in [-0.05, 0) is 49.1 Å². The van der Waals surface area contributed by atoms with Gasteiger partial charge in [0.25, 0.3) is 5.91 Å². The summed E-state index contributed by atoms with van der Waals surface area (Å²) in [6.07, 6.45) is 0.693. The minimum absolute atomic E-state index is 0.192. The van der Waals surface area contributed by atoms with Crippen LogP contribution in [0.25, 0.3) is 0 Å². The molecule has 5 nitrogen and oxygen atoms in total. The van der Waals surface area contributed by atoms with Crippen LogP contribution in [0.15, 0.2) is 42.5 Å². The molecule has 0 bridgehead atoms. The van der Waals surface area contributed by atoms with E-state index in [0.29, 0.717) is 6.42 Å². The number of amides is 1. The molecule has 1 amide bonds. The monoisotopic (exact) mass is 341 g/mol. The second-order valence-electron chi connectivity index (χ2n) is 5.77. The molecule has 0 aromatic heterocycles. The first-order valence-electron chi connectivity index (χ1n) is 8.15. The van der Waals surface area contributed by atoms with Crippen LogP contribution in [0.2, 0.25) is 0 Å².